The van der Waals surface area contributed by atoms with Gasteiger partial charge >= 0.3 is 0 Å². The van der Waals surface area contributed by atoms with Gasteiger partial charge in [-0.2, -0.15) is 4.98 Å². The molecule has 0 spiro atoms. The standard InChI is InChI=1S/C19H15ClFN3O3/c1-26-14-4-2-3-13(9-14)24-10-12(8-17(24)25)19-22-18(23-27-19)11-5-6-16(21)15(20)7-11/h2-7,9,12H,8,10H2,1H3. The molecule has 3 aromatic rings. The quantitative estimate of drug-likeness (QED) is 0.675. The number of hydrogen-bond donors (Lipinski definition) is 0. The van der Waals surface area contributed by atoms with Gasteiger partial charge in [-0.05, 0) is 30.3 Å². The van der Waals surface area contributed by atoms with E-state index in [4.69, 9.17) is 20.9 Å². The number of carbonyl (C=O) groups is 1. The van der Waals surface area contributed by atoms with E-state index in [0.717, 1.165) is 5.69 Å². The van der Waals surface area contributed by atoms with Crippen LogP contribution in [-0.4, -0.2) is 29.7 Å². The van der Waals surface area contributed by atoms with Crippen molar-refractivity contribution in [3.8, 4) is 17.1 Å². The minimum Gasteiger partial charge on any atom is -0.497 e. The first-order chi connectivity index (χ1) is 13.0. The van der Waals surface area contributed by atoms with Gasteiger partial charge in [-0.1, -0.05) is 22.8 Å². The lowest BCUT2D eigenvalue weighted by molar-refractivity contribution is -0.117. The molecule has 6 nitrogen and oxygen atoms in total. The van der Waals surface area contributed by atoms with Crippen molar-refractivity contribution in [1.82, 2.24) is 10.1 Å². The Bertz CT molecular complexity index is 1010. The Morgan fingerprint density at radius 2 is 2.15 bits per heavy atom. The molecule has 1 atom stereocenters. The summed E-state index contributed by atoms with van der Waals surface area (Å²) in [6.07, 6.45) is 0.267. The second-order valence-electron chi connectivity index (χ2n) is 6.19. The molecule has 1 aromatic heterocycles. The maximum Gasteiger partial charge on any atom is 0.232 e. The normalized spacial score (nSPS) is 16.8. The van der Waals surface area contributed by atoms with Crippen molar-refractivity contribution in [2.45, 2.75) is 12.3 Å². The number of carbonyl (C=O) groups excluding carboxylic acids is 1. The van der Waals surface area contributed by atoms with Gasteiger partial charge in [0.05, 0.1) is 18.1 Å². The van der Waals surface area contributed by atoms with Gasteiger partial charge in [0.2, 0.25) is 17.6 Å². The van der Waals surface area contributed by atoms with Crippen LogP contribution in [0.2, 0.25) is 5.02 Å². The molecule has 1 amide bonds. The van der Waals surface area contributed by atoms with E-state index in [9.17, 15) is 9.18 Å². The Morgan fingerprint density at radius 3 is 2.93 bits per heavy atom. The van der Waals surface area contributed by atoms with Crippen LogP contribution in [0.15, 0.2) is 47.0 Å². The van der Waals surface area contributed by atoms with Crippen LogP contribution in [0.5, 0.6) is 5.75 Å². The summed E-state index contributed by atoms with van der Waals surface area (Å²) >= 11 is 5.81. The molecule has 27 heavy (non-hydrogen) atoms. The predicted octanol–water partition coefficient (Wildman–Crippen LogP) is 4.06. The maximum atomic E-state index is 13.3. The Labute approximate surface area is 159 Å². The smallest absolute Gasteiger partial charge is 0.232 e. The highest BCUT2D eigenvalue weighted by Crippen LogP contribution is 2.33. The highest BCUT2D eigenvalue weighted by atomic mass is 35.5. The van der Waals surface area contributed by atoms with Crippen molar-refractivity contribution in [3.05, 3.63) is 59.2 Å². The average molecular weight is 388 g/mol. The lowest BCUT2D eigenvalue weighted by atomic mass is 10.1. The van der Waals surface area contributed by atoms with Gasteiger partial charge in [-0.25, -0.2) is 4.39 Å². The lowest BCUT2D eigenvalue weighted by Gasteiger charge is -2.16. The third-order valence-electron chi connectivity index (χ3n) is 4.46. The van der Waals surface area contributed by atoms with E-state index in [-0.39, 0.29) is 23.3 Å². The third kappa shape index (κ3) is 3.38. The molecular weight excluding hydrogens is 373 g/mol. The van der Waals surface area contributed by atoms with Crippen LogP contribution < -0.4 is 9.64 Å². The van der Waals surface area contributed by atoms with Gasteiger partial charge < -0.3 is 14.2 Å². The maximum absolute atomic E-state index is 13.3. The largest absolute Gasteiger partial charge is 0.497 e. The molecule has 0 radical (unpaired) electrons. The number of ether oxygens (including phenoxy) is 1. The van der Waals surface area contributed by atoms with E-state index in [1.807, 2.05) is 18.2 Å². The van der Waals surface area contributed by atoms with E-state index in [0.29, 0.717) is 29.6 Å². The van der Waals surface area contributed by atoms with E-state index in [2.05, 4.69) is 10.1 Å². The molecule has 0 saturated carbocycles. The van der Waals surface area contributed by atoms with Gasteiger partial charge in [0.15, 0.2) is 0 Å². The van der Waals surface area contributed by atoms with Crippen LogP contribution in [0.4, 0.5) is 10.1 Å². The number of anilines is 1. The summed E-state index contributed by atoms with van der Waals surface area (Å²) in [5, 5.41) is 3.92. The molecule has 0 N–H and O–H groups in total. The molecule has 0 aliphatic carbocycles. The number of amides is 1. The monoisotopic (exact) mass is 387 g/mol. The topological polar surface area (TPSA) is 68.5 Å². The van der Waals surface area contributed by atoms with Crippen LogP contribution in [0.25, 0.3) is 11.4 Å². The third-order valence-corrected chi connectivity index (χ3v) is 4.75. The number of benzene rings is 2. The molecule has 1 aliphatic rings. The lowest BCUT2D eigenvalue weighted by Crippen LogP contribution is -2.24. The molecule has 1 unspecified atom stereocenters. The van der Waals surface area contributed by atoms with E-state index >= 15 is 0 Å². The predicted molar refractivity (Wildman–Crippen MR) is 97.4 cm³/mol. The van der Waals surface area contributed by atoms with Crippen LogP contribution in [-0.2, 0) is 4.79 Å². The van der Waals surface area contributed by atoms with Crippen molar-refractivity contribution in [2.75, 3.05) is 18.6 Å². The van der Waals surface area contributed by atoms with E-state index < -0.39 is 5.82 Å². The van der Waals surface area contributed by atoms with Crippen molar-refractivity contribution in [1.29, 1.82) is 0 Å². The Hall–Kier alpha value is -2.93. The molecular formula is C19H15ClFN3O3. The summed E-state index contributed by atoms with van der Waals surface area (Å²) in [6, 6.07) is 11.5. The first kappa shape index (κ1) is 17.5. The van der Waals surface area contributed by atoms with Gasteiger partial charge in [-0.15, -0.1) is 0 Å². The first-order valence-corrected chi connectivity index (χ1v) is 8.66. The molecule has 1 saturated heterocycles. The molecule has 4 rings (SSSR count). The van der Waals surface area contributed by atoms with Crippen LogP contribution in [0.3, 0.4) is 0 Å². The van der Waals surface area contributed by atoms with Crippen molar-refractivity contribution in [3.63, 3.8) is 0 Å². The van der Waals surface area contributed by atoms with Crippen LogP contribution in [0, 0.1) is 5.82 Å². The number of nitrogens with zero attached hydrogens (tertiary/aromatic N) is 3. The second kappa shape index (κ2) is 7.00. The highest BCUT2D eigenvalue weighted by molar-refractivity contribution is 6.31. The molecule has 138 valence electrons. The van der Waals surface area contributed by atoms with E-state index in [1.165, 1.54) is 18.2 Å². The molecule has 2 aromatic carbocycles. The van der Waals surface area contributed by atoms with Gasteiger partial charge in [0, 0.05) is 30.3 Å². The minimum atomic E-state index is -0.514. The fourth-order valence-electron chi connectivity index (χ4n) is 3.05. The average Bonchev–Trinajstić information content (AvgIpc) is 3.31. The highest BCUT2D eigenvalue weighted by Gasteiger charge is 2.35. The summed E-state index contributed by atoms with van der Waals surface area (Å²) < 4.78 is 23.9. The molecule has 2 heterocycles. The molecule has 8 heteroatoms. The number of methoxy groups -OCH3 is 1. The first-order valence-electron chi connectivity index (χ1n) is 8.28. The zero-order valence-corrected chi connectivity index (χ0v) is 15.1. The molecule has 0 bridgehead atoms. The number of aromatic nitrogens is 2. The van der Waals surface area contributed by atoms with Gasteiger partial charge in [-0.3, -0.25) is 4.79 Å². The van der Waals surface area contributed by atoms with Crippen LogP contribution >= 0.6 is 11.6 Å². The Morgan fingerprint density at radius 1 is 1.30 bits per heavy atom. The summed E-state index contributed by atoms with van der Waals surface area (Å²) in [6.45, 7) is 0.428. The van der Waals surface area contributed by atoms with Crippen molar-refractivity contribution in [2.24, 2.45) is 0 Å². The second-order valence-corrected chi connectivity index (χ2v) is 6.60. The zero-order chi connectivity index (χ0) is 19.0. The van der Waals surface area contributed by atoms with Gasteiger partial charge in [0.25, 0.3) is 0 Å². The van der Waals surface area contributed by atoms with E-state index in [1.54, 1.807) is 18.1 Å². The summed E-state index contributed by atoms with van der Waals surface area (Å²) in [7, 11) is 1.58. The zero-order valence-electron chi connectivity index (χ0n) is 14.4. The Balaban J connectivity index is 1.55. The number of rotatable bonds is 4. The van der Waals surface area contributed by atoms with Crippen molar-refractivity contribution >= 4 is 23.2 Å². The van der Waals surface area contributed by atoms with Crippen molar-refractivity contribution < 1.29 is 18.4 Å². The minimum absolute atomic E-state index is 0.0147. The number of halogens is 2. The molecule has 1 fully saturated rings. The SMILES string of the molecule is COc1cccc(N2CC(c3nc(-c4ccc(F)c(Cl)c4)no3)CC2=O)c1. The number of hydrogen-bond acceptors (Lipinski definition) is 5. The molecule has 1 aliphatic heterocycles. The fourth-order valence-corrected chi connectivity index (χ4v) is 3.23. The summed E-state index contributed by atoms with van der Waals surface area (Å²) in [5.74, 6) is 0.582. The van der Waals surface area contributed by atoms with Gasteiger partial charge in [0.1, 0.15) is 11.6 Å². The summed E-state index contributed by atoms with van der Waals surface area (Å²) in [4.78, 5) is 18.5. The van der Waals surface area contributed by atoms with Crippen LogP contribution in [0.1, 0.15) is 18.2 Å². The Kier molecular flexibility index (Phi) is 4.53. The summed E-state index contributed by atoms with van der Waals surface area (Å²) in [5.41, 5.74) is 1.30. The fraction of sp³-hybridized carbons (Fsp3) is 0.211.